The van der Waals surface area contributed by atoms with Crippen molar-refractivity contribution in [3.05, 3.63) is 28.8 Å². The van der Waals surface area contributed by atoms with E-state index in [2.05, 4.69) is 10.6 Å². The Bertz CT molecular complexity index is 421. The van der Waals surface area contributed by atoms with Crippen molar-refractivity contribution in [3.8, 4) is 0 Å². The zero-order valence-corrected chi connectivity index (χ0v) is 10.0. The predicted molar refractivity (Wildman–Crippen MR) is 64.2 cm³/mol. The maximum Gasteiger partial charge on any atom is 0.252 e. The molecule has 0 heterocycles. The molecular formula is C10H10Cl2N2O2. The molecule has 86 valence electrons. The molecule has 1 rings (SSSR count). The SMILES string of the molecule is CNC(=O)c1ccc(NC(=O)CCl)cc1Cl. The summed E-state index contributed by atoms with van der Waals surface area (Å²) in [6.07, 6.45) is 0. The van der Waals surface area contributed by atoms with E-state index in [1.165, 1.54) is 19.2 Å². The molecular weight excluding hydrogens is 251 g/mol. The van der Waals surface area contributed by atoms with E-state index in [0.717, 1.165) is 0 Å². The molecule has 0 bridgehead atoms. The van der Waals surface area contributed by atoms with Crippen LogP contribution in [0.5, 0.6) is 0 Å². The van der Waals surface area contributed by atoms with Crippen LogP contribution >= 0.6 is 23.2 Å². The average molecular weight is 261 g/mol. The van der Waals surface area contributed by atoms with Crippen molar-refractivity contribution in [2.75, 3.05) is 18.2 Å². The minimum absolute atomic E-state index is 0.130. The molecule has 1 aromatic rings. The van der Waals surface area contributed by atoms with E-state index in [4.69, 9.17) is 23.2 Å². The summed E-state index contributed by atoms with van der Waals surface area (Å²) in [5.74, 6) is -0.736. The van der Waals surface area contributed by atoms with Crippen LogP contribution in [0.3, 0.4) is 0 Å². The number of hydrogen-bond acceptors (Lipinski definition) is 2. The molecule has 0 saturated carbocycles. The van der Waals surface area contributed by atoms with Crippen molar-refractivity contribution in [1.82, 2.24) is 5.32 Å². The normalized spacial score (nSPS) is 9.69. The van der Waals surface area contributed by atoms with Gasteiger partial charge in [-0.2, -0.15) is 0 Å². The zero-order valence-electron chi connectivity index (χ0n) is 8.51. The Morgan fingerprint density at radius 2 is 2.06 bits per heavy atom. The van der Waals surface area contributed by atoms with Crippen LogP contribution in [0.15, 0.2) is 18.2 Å². The summed E-state index contributed by atoms with van der Waals surface area (Å²) in [5.41, 5.74) is 0.858. The summed E-state index contributed by atoms with van der Waals surface area (Å²) < 4.78 is 0. The Balaban J connectivity index is 2.91. The third-order valence-electron chi connectivity index (χ3n) is 1.85. The van der Waals surface area contributed by atoms with Gasteiger partial charge in [-0.15, -0.1) is 11.6 Å². The second kappa shape index (κ2) is 5.72. The Labute approximate surface area is 103 Å². The van der Waals surface area contributed by atoms with Gasteiger partial charge in [0.25, 0.3) is 5.91 Å². The molecule has 0 aromatic heterocycles. The first kappa shape index (κ1) is 12.8. The van der Waals surface area contributed by atoms with Gasteiger partial charge in [0, 0.05) is 12.7 Å². The molecule has 0 saturated heterocycles. The van der Waals surface area contributed by atoms with Crippen LogP contribution < -0.4 is 10.6 Å². The average Bonchev–Trinajstić information content (AvgIpc) is 2.28. The molecule has 1 aromatic carbocycles. The van der Waals surface area contributed by atoms with E-state index >= 15 is 0 Å². The van der Waals surface area contributed by atoms with E-state index in [0.29, 0.717) is 11.3 Å². The van der Waals surface area contributed by atoms with Crippen LogP contribution in [0.1, 0.15) is 10.4 Å². The molecule has 2 N–H and O–H groups in total. The number of carbonyl (C=O) groups is 2. The van der Waals surface area contributed by atoms with E-state index in [1.54, 1.807) is 6.07 Å². The highest BCUT2D eigenvalue weighted by Gasteiger charge is 2.09. The second-order valence-electron chi connectivity index (χ2n) is 2.96. The van der Waals surface area contributed by atoms with Crippen LogP contribution in [0.4, 0.5) is 5.69 Å². The molecule has 2 amide bonds. The largest absolute Gasteiger partial charge is 0.355 e. The lowest BCUT2D eigenvalue weighted by Crippen LogP contribution is -2.18. The van der Waals surface area contributed by atoms with Gasteiger partial charge in [0.1, 0.15) is 5.88 Å². The highest BCUT2D eigenvalue weighted by Crippen LogP contribution is 2.20. The minimum Gasteiger partial charge on any atom is -0.355 e. The van der Waals surface area contributed by atoms with Crippen LogP contribution in [0, 0.1) is 0 Å². The number of anilines is 1. The fourth-order valence-corrected chi connectivity index (χ4v) is 1.44. The minimum atomic E-state index is -0.328. The van der Waals surface area contributed by atoms with Crippen molar-refractivity contribution in [3.63, 3.8) is 0 Å². The monoisotopic (exact) mass is 260 g/mol. The first-order valence-corrected chi connectivity index (χ1v) is 5.37. The lowest BCUT2D eigenvalue weighted by molar-refractivity contribution is -0.113. The van der Waals surface area contributed by atoms with Crippen molar-refractivity contribution >= 4 is 40.7 Å². The number of amides is 2. The smallest absolute Gasteiger partial charge is 0.252 e. The Morgan fingerprint density at radius 1 is 1.38 bits per heavy atom. The second-order valence-corrected chi connectivity index (χ2v) is 3.63. The molecule has 0 aliphatic heterocycles. The van der Waals surface area contributed by atoms with Gasteiger partial charge in [0.05, 0.1) is 10.6 Å². The molecule has 0 spiro atoms. The van der Waals surface area contributed by atoms with Gasteiger partial charge in [-0.25, -0.2) is 0 Å². The fraction of sp³-hybridized carbons (Fsp3) is 0.200. The number of nitrogens with one attached hydrogen (secondary N) is 2. The predicted octanol–water partition coefficient (Wildman–Crippen LogP) is 1.88. The molecule has 6 heteroatoms. The number of halogens is 2. The summed E-state index contributed by atoms with van der Waals surface area (Å²) in [6, 6.07) is 4.61. The van der Waals surface area contributed by atoms with Crippen molar-refractivity contribution in [1.29, 1.82) is 0 Å². The van der Waals surface area contributed by atoms with Crippen LogP contribution in [0.25, 0.3) is 0 Å². The number of alkyl halides is 1. The molecule has 0 unspecified atom stereocenters. The zero-order chi connectivity index (χ0) is 12.1. The maximum absolute atomic E-state index is 11.3. The number of benzene rings is 1. The molecule has 4 nitrogen and oxygen atoms in total. The van der Waals surface area contributed by atoms with E-state index in [-0.39, 0.29) is 22.7 Å². The van der Waals surface area contributed by atoms with Crippen molar-refractivity contribution in [2.45, 2.75) is 0 Å². The van der Waals surface area contributed by atoms with Crippen LogP contribution in [-0.4, -0.2) is 24.7 Å². The fourth-order valence-electron chi connectivity index (χ4n) is 1.11. The molecule has 0 aliphatic carbocycles. The van der Waals surface area contributed by atoms with E-state index < -0.39 is 0 Å². The van der Waals surface area contributed by atoms with Gasteiger partial charge in [-0.3, -0.25) is 9.59 Å². The van der Waals surface area contributed by atoms with Gasteiger partial charge < -0.3 is 10.6 Å². The third-order valence-corrected chi connectivity index (χ3v) is 2.40. The first-order valence-electron chi connectivity index (χ1n) is 4.46. The van der Waals surface area contributed by atoms with Gasteiger partial charge in [-0.05, 0) is 18.2 Å². The molecule has 0 atom stereocenters. The number of rotatable bonds is 3. The summed E-state index contributed by atoms with van der Waals surface area (Å²) in [7, 11) is 1.52. The lowest BCUT2D eigenvalue weighted by Gasteiger charge is -2.06. The first-order chi connectivity index (χ1) is 7.58. The standard InChI is InChI=1S/C10H10Cl2N2O2/c1-13-10(16)7-3-2-6(4-8(7)12)14-9(15)5-11/h2-4H,5H2,1H3,(H,13,16)(H,14,15). The topological polar surface area (TPSA) is 58.2 Å². The van der Waals surface area contributed by atoms with Gasteiger partial charge >= 0.3 is 0 Å². The lowest BCUT2D eigenvalue weighted by atomic mass is 10.2. The Hall–Kier alpha value is -1.26. The van der Waals surface area contributed by atoms with Crippen LogP contribution in [0.2, 0.25) is 5.02 Å². The Morgan fingerprint density at radius 3 is 2.56 bits per heavy atom. The molecule has 16 heavy (non-hydrogen) atoms. The van der Waals surface area contributed by atoms with E-state index in [9.17, 15) is 9.59 Å². The van der Waals surface area contributed by atoms with Gasteiger partial charge in [0.2, 0.25) is 5.91 Å². The number of carbonyl (C=O) groups excluding carboxylic acids is 2. The van der Waals surface area contributed by atoms with Gasteiger partial charge in [0.15, 0.2) is 0 Å². The summed E-state index contributed by atoms with van der Waals surface area (Å²) >= 11 is 11.2. The Kier molecular flexibility index (Phi) is 4.58. The molecule has 0 radical (unpaired) electrons. The van der Waals surface area contributed by atoms with Gasteiger partial charge in [-0.1, -0.05) is 11.6 Å². The van der Waals surface area contributed by atoms with Crippen LogP contribution in [-0.2, 0) is 4.79 Å². The van der Waals surface area contributed by atoms with Crippen molar-refractivity contribution in [2.24, 2.45) is 0 Å². The highest BCUT2D eigenvalue weighted by atomic mass is 35.5. The highest BCUT2D eigenvalue weighted by molar-refractivity contribution is 6.34. The summed E-state index contributed by atoms with van der Waals surface area (Å²) in [4.78, 5) is 22.3. The molecule has 0 aliphatic rings. The quantitative estimate of drug-likeness (QED) is 0.816. The molecule has 0 fully saturated rings. The third kappa shape index (κ3) is 3.12. The number of hydrogen-bond donors (Lipinski definition) is 2. The maximum atomic E-state index is 11.3. The summed E-state index contributed by atoms with van der Waals surface area (Å²) in [5, 5.41) is 5.26. The van der Waals surface area contributed by atoms with E-state index in [1.807, 2.05) is 0 Å². The van der Waals surface area contributed by atoms with Crippen molar-refractivity contribution < 1.29 is 9.59 Å². The summed E-state index contributed by atoms with van der Waals surface area (Å²) in [6.45, 7) is 0.